The van der Waals surface area contributed by atoms with Crippen LogP contribution in [0.25, 0.3) is 21.7 Å². The first-order valence-electron chi connectivity index (χ1n) is 9.48. The highest BCUT2D eigenvalue weighted by atomic mass is 79.9. The molecule has 4 nitrogen and oxygen atoms in total. The van der Waals surface area contributed by atoms with Crippen LogP contribution in [-0.4, -0.2) is 16.0 Å². The molecule has 2 N–H and O–H groups in total. The number of H-pyrrole nitrogens is 1. The van der Waals surface area contributed by atoms with Gasteiger partial charge in [-0.05, 0) is 48.4 Å². The summed E-state index contributed by atoms with van der Waals surface area (Å²) in [5, 5.41) is 6.15. The average molecular weight is 430 g/mol. The summed E-state index contributed by atoms with van der Waals surface area (Å²) in [5.41, 5.74) is 1.87. The van der Waals surface area contributed by atoms with E-state index < -0.39 is 0 Å². The Labute approximate surface area is 168 Å². The number of aromatic nitrogens is 2. The number of aromatic amines is 1. The molecule has 0 spiro atoms. The Balaban J connectivity index is 2.36. The van der Waals surface area contributed by atoms with Gasteiger partial charge in [0, 0.05) is 27.5 Å². The highest BCUT2D eigenvalue weighted by Crippen LogP contribution is 2.33. The fourth-order valence-corrected chi connectivity index (χ4v) is 3.53. The quantitative estimate of drug-likeness (QED) is 0.508. The summed E-state index contributed by atoms with van der Waals surface area (Å²) in [4.78, 5) is 20.6. The van der Waals surface area contributed by atoms with Crippen LogP contribution in [0.5, 0.6) is 0 Å². The van der Waals surface area contributed by atoms with Crippen LogP contribution < -0.4 is 10.9 Å². The first-order valence-corrected chi connectivity index (χ1v) is 10.3. The van der Waals surface area contributed by atoms with Gasteiger partial charge >= 0.3 is 0 Å². The van der Waals surface area contributed by atoms with Crippen molar-refractivity contribution in [3.05, 3.63) is 44.8 Å². The van der Waals surface area contributed by atoms with Crippen molar-refractivity contribution in [2.75, 3.05) is 5.32 Å². The standard InChI is InChI=1S/C22H28BrN3O/c1-12(2)9-14-11-24-21(27)18-17-10-15(23)7-8-16(17)20(26-19(14)18)25-13(3)22(4,5)6/h7-8,10-13H,9H2,1-6H3,(H,24,27)(H,25,26). The maximum Gasteiger partial charge on any atom is 0.258 e. The third-order valence-electron chi connectivity index (χ3n) is 5.16. The van der Waals surface area contributed by atoms with Crippen molar-refractivity contribution in [1.82, 2.24) is 9.97 Å². The SMILES string of the molecule is CC(C)Cc1c[nH]c(=O)c2c1nc(NC(C)C(C)(C)C)c1ccc(Br)cc12. The molecule has 144 valence electrons. The Hall–Kier alpha value is -1.88. The first-order chi connectivity index (χ1) is 12.6. The van der Waals surface area contributed by atoms with Gasteiger partial charge in [-0.2, -0.15) is 0 Å². The van der Waals surface area contributed by atoms with E-state index in [1.807, 2.05) is 24.4 Å². The fourth-order valence-electron chi connectivity index (χ4n) is 3.17. The molecule has 0 aliphatic rings. The molecular formula is C22H28BrN3O. The molecule has 0 aliphatic carbocycles. The molecule has 2 heterocycles. The first kappa shape index (κ1) is 19.9. The molecule has 3 aromatic rings. The van der Waals surface area contributed by atoms with Crippen molar-refractivity contribution < 1.29 is 0 Å². The van der Waals surface area contributed by atoms with Crippen LogP contribution in [0.2, 0.25) is 0 Å². The topological polar surface area (TPSA) is 57.8 Å². The number of pyridine rings is 2. The van der Waals surface area contributed by atoms with Gasteiger partial charge in [0.15, 0.2) is 0 Å². The predicted molar refractivity (Wildman–Crippen MR) is 119 cm³/mol. The molecule has 2 aromatic heterocycles. The van der Waals surface area contributed by atoms with Crippen LogP contribution >= 0.6 is 15.9 Å². The lowest BCUT2D eigenvalue weighted by Crippen LogP contribution is -2.31. The van der Waals surface area contributed by atoms with E-state index in [1.165, 1.54) is 0 Å². The number of nitrogens with zero attached hydrogens (tertiary/aromatic N) is 1. The molecule has 3 rings (SSSR count). The predicted octanol–water partition coefficient (Wildman–Crippen LogP) is 5.88. The smallest absolute Gasteiger partial charge is 0.258 e. The zero-order chi connectivity index (χ0) is 19.9. The second kappa shape index (κ2) is 7.27. The second-order valence-corrected chi connectivity index (χ2v) is 9.76. The van der Waals surface area contributed by atoms with Gasteiger partial charge in [0.05, 0.1) is 10.9 Å². The van der Waals surface area contributed by atoms with Crippen molar-refractivity contribution in [3.63, 3.8) is 0 Å². The molecular weight excluding hydrogens is 402 g/mol. The van der Waals surface area contributed by atoms with Gasteiger partial charge in [-0.15, -0.1) is 0 Å². The van der Waals surface area contributed by atoms with Crippen molar-refractivity contribution in [2.45, 2.75) is 54.0 Å². The van der Waals surface area contributed by atoms with Crippen molar-refractivity contribution in [1.29, 1.82) is 0 Å². The number of hydrogen-bond acceptors (Lipinski definition) is 3. The number of hydrogen-bond donors (Lipinski definition) is 2. The molecule has 0 aliphatic heterocycles. The molecule has 1 unspecified atom stereocenters. The van der Waals surface area contributed by atoms with Gasteiger partial charge in [0.25, 0.3) is 5.56 Å². The summed E-state index contributed by atoms with van der Waals surface area (Å²) in [6.07, 6.45) is 2.69. The van der Waals surface area contributed by atoms with Gasteiger partial charge in [-0.1, -0.05) is 50.5 Å². The maximum atomic E-state index is 12.7. The molecule has 0 radical (unpaired) electrons. The molecule has 0 bridgehead atoms. The summed E-state index contributed by atoms with van der Waals surface area (Å²) >= 11 is 3.56. The van der Waals surface area contributed by atoms with Gasteiger partial charge < -0.3 is 10.3 Å². The molecule has 0 saturated heterocycles. The lowest BCUT2D eigenvalue weighted by molar-refractivity contribution is 0.359. The number of fused-ring (bicyclic) bond motifs is 3. The van der Waals surface area contributed by atoms with E-state index in [0.717, 1.165) is 38.6 Å². The van der Waals surface area contributed by atoms with E-state index in [4.69, 9.17) is 4.98 Å². The number of rotatable bonds is 4. The highest BCUT2D eigenvalue weighted by molar-refractivity contribution is 9.10. The fraction of sp³-hybridized carbons (Fsp3) is 0.455. The van der Waals surface area contributed by atoms with E-state index in [0.29, 0.717) is 11.3 Å². The van der Waals surface area contributed by atoms with Crippen LogP contribution in [0, 0.1) is 11.3 Å². The molecule has 1 atom stereocenters. The normalized spacial score (nSPS) is 13.5. The van der Waals surface area contributed by atoms with Crippen LogP contribution in [0.1, 0.15) is 47.1 Å². The molecule has 0 amide bonds. The lowest BCUT2D eigenvalue weighted by Gasteiger charge is -2.29. The average Bonchev–Trinajstić information content (AvgIpc) is 2.55. The minimum Gasteiger partial charge on any atom is -0.367 e. The molecule has 1 aromatic carbocycles. The molecule has 0 fully saturated rings. The van der Waals surface area contributed by atoms with Crippen molar-refractivity contribution in [2.24, 2.45) is 11.3 Å². The largest absolute Gasteiger partial charge is 0.367 e. The molecule has 27 heavy (non-hydrogen) atoms. The van der Waals surface area contributed by atoms with Gasteiger partial charge in [0.2, 0.25) is 0 Å². The number of nitrogens with one attached hydrogen (secondary N) is 2. The minimum absolute atomic E-state index is 0.0905. The van der Waals surface area contributed by atoms with Crippen LogP contribution in [-0.2, 0) is 6.42 Å². The third kappa shape index (κ3) is 4.03. The number of benzene rings is 1. The van der Waals surface area contributed by atoms with Crippen LogP contribution in [0.3, 0.4) is 0 Å². The Morgan fingerprint density at radius 1 is 1.19 bits per heavy atom. The van der Waals surface area contributed by atoms with E-state index in [-0.39, 0.29) is 17.0 Å². The monoisotopic (exact) mass is 429 g/mol. The number of anilines is 1. The zero-order valence-electron chi connectivity index (χ0n) is 16.9. The zero-order valence-corrected chi connectivity index (χ0v) is 18.5. The van der Waals surface area contributed by atoms with E-state index in [1.54, 1.807) is 0 Å². The van der Waals surface area contributed by atoms with Crippen LogP contribution in [0.15, 0.2) is 33.7 Å². The Morgan fingerprint density at radius 3 is 2.52 bits per heavy atom. The number of halogens is 1. The Kier molecular flexibility index (Phi) is 5.35. The van der Waals surface area contributed by atoms with Crippen molar-refractivity contribution >= 4 is 43.4 Å². The summed E-state index contributed by atoms with van der Waals surface area (Å²) in [6.45, 7) is 13.1. The highest BCUT2D eigenvalue weighted by Gasteiger charge is 2.22. The third-order valence-corrected chi connectivity index (χ3v) is 5.65. The minimum atomic E-state index is -0.0940. The van der Waals surface area contributed by atoms with Crippen LogP contribution in [0.4, 0.5) is 5.82 Å². The Morgan fingerprint density at radius 2 is 1.89 bits per heavy atom. The lowest BCUT2D eigenvalue weighted by atomic mass is 9.88. The van der Waals surface area contributed by atoms with E-state index >= 15 is 0 Å². The van der Waals surface area contributed by atoms with Gasteiger partial charge in [0.1, 0.15) is 5.82 Å². The molecule has 5 heteroatoms. The molecule has 0 saturated carbocycles. The van der Waals surface area contributed by atoms with Gasteiger partial charge in [-0.3, -0.25) is 4.79 Å². The Bertz CT molecular complexity index is 1050. The maximum absolute atomic E-state index is 12.7. The summed E-state index contributed by atoms with van der Waals surface area (Å²) in [6, 6.07) is 6.26. The van der Waals surface area contributed by atoms with E-state index in [9.17, 15) is 4.79 Å². The summed E-state index contributed by atoms with van der Waals surface area (Å²) < 4.78 is 0.950. The second-order valence-electron chi connectivity index (χ2n) is 8.85. The van der Waals surface area contributed by atoms with Crippen molar-refractivity contribution in [3.8, 4) is 0 Å². The summed E-state index contributed by atoms with van der Waals surface area (Å²) in [5.74, 6) is 1.31. The van der Waals surface area contributed by atoms with Gasteiger partial charge in [-0.25, -0.2) is 4.98 Å². The van der Waals surface area contributed by atoms with E-state index in [2.05, 4.69) is 67.8 Å². The summed E-state index contributed by atoms with van der Waals surface area (Å²) in [7, 11) is 0.